The zero-order chi connectivity index (χ0) is 22.9. The van der Waals surface area contributed by atoms with E-state index >= 15 is 0 Å². The maximum Gasteiger partial charge on any atom is 0.170 e. The largest absolute Gasteiger partial charge is 0.352 e. The number of nitrogens with zero attached hydrogens (tertiary/aromatic N) is 4. The fraction of sp³-hybridized carbons (Fsp3) is 0.192. The van der Waals surface area contributed by atoms with Crippen LogP contribution in [0.4, 0.5) is 4.39 Å². The fourth-order valence-electron chi connectivity index (χ4n) is 4.69. The number of rotatable bonds is 5. The van der Waals surface area contributed by atoms with Crippen molar-refractivity contribution in [3.63, 3.8) is 0 Å². The Labute approximate surface area is 197 Å². The van der Waals surface area contributed by atoms with Gasteiger partial charge in [-0.25, -0.2) is 4.39 Å². The normalized spacial score (nSPS) is 17.9. The van der Waals surface area contributed by atoms with Gasteiger partial charge in [-0.15, -0.1) is 0 Å². The lowest BCUT2D eigenvalue weighted by atomic mass is 9.96. The van der Waals surface area contributed by atoms with E-state index in [2.05, 4.69) is 26.3 Å². The molecular weight excluding hydrogens is 433 g/mol. The molecule has 1 aromatic carbocycles. The zero-order valence-corrected chi connectivity index (χ0v) is 19.3. The highest BCUT2D eigenvalue weighted by molar-refractivity contribution is 7.80. The number of nitrogens with one attached hydrogen (secondary N) is 1. The van der Waals surface area contributed by atoms with Crippen molar-refractivity contribution in [3.05, 3.63) is 113 Å². The first-order valence-corrected chi connectivity index (χ1v) is 11.3. The van der Waals surface area contributed by atoms with Crippen molar-refractivity contribution in [1.82, 2.24) is 24.8 Å². The predicted molar refractivity (Wildman–Crippen MR) is 130 cm³/mol. The van der Waals surface area contributed by atoms with Crippen LogP contribution in [-0.4, -0.2) is 24.5 Å². The summed E-state index contributed by atoms with van der Waals surface area (Å²) in [5.74, 6) is -0.251. The number of aryl methyl sites for hydroxylation is 1. The molecule has 0 aliphatic carbocycles. The molecule has 0 radical (unpaired) electrons. The van der Waals surface area contributed by atoms with Gasteiger partial charge in [-0.3, -0.25) is 9.97 Å². The van der Waals surface area contributed by atoms with E-state index in [1.807, 2.05) is 61.0 Å². The first kappa shape index (κ1) is 21.3. The van der Waals surface area contributed by atoms with E-state index in [1.165, 1.54) is 6.07 Å². The summed E-state index contributed by atoms with van der Waals surface area (Å²) in [6.07, 6.45) is 5.42. The van der Waals surface area contributed by atoms with Crippen molar-refractivity contribution >= 4 is 17.3 Å². The van der Waals surface area contributed by atoms with Gasteiger partial charge in [-0.1, -0.05) is 24.3 Å². The quantitative estimate of drug-likeness (QED) is 0.418. The minimum absolute atomic E-state index is 0.112. The summed E-state index contributed by atoms with van der Waals surface area (Å²) in [6.45, 7) is 4.65. The molecule has 2 atom stereocenters. The van der Waals surface area contributed by atoms with Crippen LogP contribution in [0.1, 0.15) is 40.3 Å². The number of hydrogen-bond acceptors (Lipinski definition) is 3. The molecule has 5 rings (SSSR count). The molecule has 33 heavy (non-hydrogen) atoms. The lowest BCUT2D eigenvalue weighted by Crippen LogP contribution is -2.29. The van der Waals surface area contributed by atoms with Crippen molar-refractivity contribution in [2.75, 3.05) is 0 Å². The van der Waals surface area contributed by atoms with Gasteiger partial charge in [-0.05, 0) is 73.6 Å². The van der Waals surface area contributed by atoms with Gasteiger partial charge in [0, 0.05) is 36.5 Å². The zero-order valence-electron chi connectivity index (χ0n) is 18.4. The predicted octanol–water partition coefficient (Wildman–Crippen LogP) is 5.20. The topological polar surface area (TPSA) is 46.0 Å². The Morgan fingerprint density at radius 1 is 1.03 bits per heavy atom. The molecule has 1 N–H and O–H groups in total. The molecule has 5 nitrogen and oxygen atoms in total. The Kier molecular flexibility index (Phi) is 5.64. The second-order valence-corrected chi connectivity index (χ2v) is 8.62. The summed E-state index contributed by atoms with van der Waals surface area (Å²) in [4.78, 5) is 11.1. The average Bonchev–Trinajstić information content (AvgIpc) is 3.30. The molecule has 0 spiro atoms. The Morgan fingerprint density at radius 3 is 2.58 bits per heavy atom. The fourth-order valence-corrected chi connectivity index (χ4v) is 5.00. The van der Waals surface area contributed by atoms with E-state index in [4.69, 9.17) is 12.2 Å². The molecule has 1 saturated heterocycles. The molecular formula is C26H24FN5S. The second kappa shape index (κ2) is 8.75. The SMILES string of the molecule is Cc1cc([C@@H]2[C@H](c3ccccn3)NC(=S)N2Cc2cccnc2)c(C)n1-c1ccccc1F. The van der Waals surface area contributed by atoms with Gasteiger partial charge in [0.25, 0.3) is 0 Å². The first-order valence-electron chi connectivity index (χ1n) is 10.9. The highest BCUT2D eigenvalue weighted by Crippen LogP contribution is 2.42. The van der Waals surface area contributed by atoms with E-state index in [9.17, 15) is 4.39 Å². The Morgan fingerprint density at radius 2 is 1.85 bits per heavy atom. The van der Waals surface area contributed by atoms with Crippen LogP contribution in [0.3, 0.4) is 0 Å². The van der Waals surface area contributed by atoms with Crippen molar-refractivity contribution in [2.24, 2.45) is 0 Å². The Bertz CT molecular complexity index is 1290. The van der Waals surface area contributed by atoms with Gasteiger partial charge < -0.3 is 14.8 Å². The van der Waals surface area contributed by atoms with Crippen molar-refractivity contribution < 1.29 is 4.39 Å². The molecule has 7 heteroatoms. The van der Waals surface area contributed by atoms with Gasteiger partial charge in [0.15, 0.2) is 5.11 Å². The van der Waals surface area contributed by atoms with Crippen molar-refractivity contribution in [1.29, 1.82) is 0 Å². The minimum Gasteiger partial charge on any atom is -0.352 e. The van der Waals surface area contributed by atoms with E-state index in [1.54, 1.807) is 24.5 Å². The molecule has 1 fully saturated rings. The van der Waals surface area contributed by atoms with Crippen LogP contribution < -0.4 is 5.32 Å². The third-order valence-corrected chi connectivity index (χ3v) is 6.51. The van der Waals surface area contributed by atoms with E-state index in [0.717, 1.165) is 28.2 Å². The van der Waals surface area contributed by atoms with Crippen LogP contribution in [0.2, 0.25) is 0 Å². The maximum atomic E-state index is 14.7. The molecule has 166 valence electrons. The van der Waals surface area contributed by atoms with Gasteiger partial charge in [0.2, 0.25) is 0 Å². The van der Waals surface area contributed by atoms with Crippen LogP contribution in [-0.2, 0) is 6.54 Å². The van der Waals surface area contributed by atoms with Crippen LogP contribution >= 0.6 is 12.2 Å². The number of thiocarbonyl (C=S) groups is 1. The Balaban J connectivity index is 1.63. The lowest BCUT2D eigenvalue weighted by Gasteiger charge is -2.28. The van der Waals surface area contributed by atoms with Crippen molar-refractivity contribution in [2.45, 2.75) is 32.5 Å². The third-order valence-electron chi connectivity index (χ3n) is 6.16. The average molecular weight is 458 g/mol. The molecule has 3 aromatic heterocycles. The number of hydrogen-bond donors (Lipinski definition) is 1. The molecule has 4 heterocycles. The monoisotopic (exact) mass is 457 g/mol. The van der Waals surface area contributed by atoms with E-state index < -0.39 is 0 Å². The lowest BCUT2D eigenvalue weighted by molar-refractivity contribution is 0.310. The molecule has 1 aliphatic heterocycles. The molecule has 1 aliphatic rings. The number of benzene rings is 1. The molecule has 0 bridgehead atoms. The summed E-state index contributed by atoms with van der Waals surface area (Å²) in [5.41, 5.74) is 5.55. The summed E-state index contributed by atoms with van der Waals surface area (Å²) < 4.78 is 16.7. The van der Waals surface area contributed by atoms with E-state index in [-0.39, 0.29) is 17.9 Å². The molecule has 0 saturated carbocycles. The Hall–Kier alpha value is -3.58. The standard InChI is InChI=1S/C26H24FN5S/c1-17-14-20(18(2)32(17)23-11-4-3-9-21(23)27)25-24(22-10-5-6-13-29-22)30-26(33)31(25)16-19-8-7-12-28-15-19/h3-15,24-25H,16H2,1-2H3,(H,30,33)/t24-,25+/m0/s1. The smallest absolute Gasteiger partial charge is 0.170 e. The summed E-state index contributed by atoms with van der Waals surface area (Å²) in [7, 11) is 0. The highest BCUT2D eigenvalue weighted by atomic mass is 32.1. The highest BCUT2D eigenvalue weighted by Gasteiger charge is 2.41. The van der Waals surface area contributed by atoms with E-state index in [0.29, 0.717) is 17.3 Å². The number of pyridine rings is 2. The molecule has 0 amide bonds. The van der Waals surface area contributed by atoms with Crippen molar-refractivity contribution in [3.8, 4) is 5.69 Å². The summed E-state index contributed by atoms with van der Waals surface area (Å²) in [6, 6.07) is 18.6. The van der Waals surface area contributed by atoms with Crippen LogP contribution in [0.25, 0.3) is 5.69 Å². The summed E-state index contributed by atoms with van der Waals surface area (Å²) >= 11 is 5.79. The van der Waals surface area contributed by atoms with Crippen LogP contribution in [0, 0.1) is 19.7 Å². The van der Waals surface area contributed by atoms with Crippen LogP contribution in [0.15, 0.2) is 79.3 Å². The molecule has 4 aromatic rings. The van der Waals surface area contributed by atoms with Gasteiger partial charge >= 0.3 is 0 Å². The number of para-hydroxylation sites is 1. The number of halogens is 1. The molecule has 0 unspecified atom stereocenters. The number of aromatic nitrogens is 3. The minimum atomic E-state index is -0.251. The third kappa shape index (κ3) is 3.89. The van der Waals surface area contributed by atoms with Gasteiger partial charge in [0.1, 0.15) is 5.82 Å². The first-order chi connectivity index (χ1) is 16.0. The van der Waals surface area contributed by atoms with Gasteiger partial charge in [0.05, 0.1) is 23.5 Å². The van der Waals surface area contributed by atoms with Gasteiger partial charge in [-0.2, -0.15) is 0 Å². The maximum absolute atomic E-state index is 14.7. The summed E-state index contributed by atoms with van der Waals surface area (Å²) in [5, 5.41) is 4.15. The van der Waals surface area contributed by atoms with Crippen LogP contribution in [0.5, 0.6) is 0 Å². The second-order valence-electron chi connectivity index (χ2n) is 8.23.